The Morgan fingerprint density at radius 2 is 2.05 bits per heavy atom. The maximum Gasteiger partial charge on any atom is 0.256 e. The Bertz CT molecular complexity index is 446. The Labute approximate surface area is 110 Å². The molecule has 1 aliphatic rings. The average molecular weight is 273 g/mol. The van der Waals surface area contributed by atoms with Crippen LogP contribution in [0.2, 0.25) is 0 Å². The summed E-state index contributed by atoms with van der Waals surface area (Å²) in [6.45, 7) is 2.18. The van der Waals surface area contributed by atoms with Crippen LogP contribution in [-0.2, 0) is 6.42 Å². The fourth-order valence-electron chi connectivity index (χ4n) is 1.95. The monoisotopic (exact) mass is 273 g/mol. The van der Waals surface area contributed by atoms with E-state index in [4.69, 9.17) is 19.9 Å². The van der Waals surface area contributed by atoms with Gasteiger partial charge in [-0.3, -0.25) is 0 Å². The molecule has 0 aromatic heterocycles. The number of alkyl halides is 2. The zero-order valence-electron chi connectivity index (χ0n) is 10.9. The molecule has 0 aliphatic carbocycles. The lowest BCUT2D eigenvalue weighted by Crippen LogP contribution is -2.45. The predicted molar refractivity (Wildman–Crippen MR) is 66.3 cm³/mol. The van der Waals surface area contributed by atoms with Gasteiger partial charge in [-0.2, -0.15) is 0 Å². The lowest BCUT2D eigenvalue weighted by Gasteiger charge is -2.26. The molecule has 0 amide bonds. The fraction of sp³-hybridized carbons (Fsp3) is 0.538. The maximum absolute atomic E-state index is 12.8. The third-order valence-electron chi connectivity index (χ3n) is 2.97. The highest BCUT2D eigenvalue weighted by Crippen LogP contribution is 2.41. The van der Waals surface area contributed by atoms with E-state index in [1.165, 1.54) is 14.0 Å². The van der Waals surface area contributed by atoms with E-state index in [9.17, 15) is 8.78 Å². The van der Waals surface area contributed by atoms with Gasteiger partial charge in [-0.1, -0.05) is 0 Å². The zero-order chi connectivity index (χ0) is 14.0. The molecule has 1 aromatic rings. The van der Waals surface area contributed by atoms with Gasteiger partial charge in [-0.25, -0.2) is 8.78 Å². The van der Waals surface area contributed by atoms with E-state index in [0.717, 1.165) is 0 Å². The first-order valence-electron chi connectivity index (χ1n) is 5.97. The first kappa shape index (κ1) is 13.9. The molecule has 2 N–H and O–H groups in total. The maximum atomic E-state index is 12.8. The van der Waals surface area contributed by atoms with Crippen molar-refractivity contribution in [1.29, 1.82) is 0 Å². The molecule has 106 valence electrons. The zero-order valence-corrected chi connectivity index (χ0v) is 10.9. The van der Waals surface area contributed by atoms with Crippen LogP contribution in [0.4, 0.5) is 8.78 Å². The molecule has 1 atom stereocenters. The molecule has 0 bridgehead atoms. The molecule has 19 heavy (non-hydrogen) atoms. The Balaban J connectivity index is 2.32. The van der Waals surface area contributed by atoms with Gasteiger partial charge >= 0.3 is 0 Å². The van der Waals surface area contributed by atoms with Crippen molar-refractivity contribution in [1.82, 2.24) is 0 Å². The first-order valence-corrected chi connectivity index (χ1v) is 5.97. The van der Waals surface area contributed by atoms with E-state index in [0.29, 0.717) is 36.0 Å². The largest absolute Gasteiger partial charge is 0.493 e. The molecule has 0 radical (unpaired) electrons. The van der Waals surface area contributed by atoms with Crippen LogP contribution in [0.15, 0.2) is 12.1 Å². The normalized spacial score (nSPS) is 17.2. The van der Waals surface area contributed by atoms with Gasteiger partial charge in [0, 0.05) is 0 Å². The summed E-state index contributed by atoms with van der Waals surface area (Å²) in [7, 11) is 1.49. The molecule has 2 rings (SSSR count). The lowest BCUT2D eigenvalue weighted by molar-refractivity contribution is 0.0638. The number of halogens is 2. The van der Waals surface area contributed by atoms with E-state index in [1.807, 2.05) is 0 Å². The van der Waals surface area contributed by atoms with E-state index < -0.39 is 12.0 Å². The summed E-state index contributed by atoms with van der Waals surface area (Å²) >= 11 is 0. The van der Waals surface area contributed by atoms with Crippen LogP contribution >= 0.6 is 0 Å². The van der Waals surface area contributed by atoms with Gasteiger partial charge in [-0.05, 0) is 31.0 Å². The summed E-state index contributed by atoms with van der Waals surface area (Å²) in [5.41, 5.74) is 4.64. The molecule has 6 heteroatoms. The van der Waals surface area contributed by atoms with Crippen LogP contribution in [0.5, 0.6) is 17.2 Å². The van der Waals surface area contributed by atoms with Crippen LogP contribution < -0.4 is 19.9 Å². The van der Waals surface area contributed by atoms with E-state index in [-0.39, 0.29) is 6.42 Å². The van der Waals surface area contributed by atoms with Gasteiger partial charge in [0.15, 0.2) is 11.5 Å². The molecule has 1 aliphatic heterocycles. The van der Waals surface area contributed by atoms with Crippen molar-refractivity contribution in [3.05, 3.63) is 17.7 Å². The van der Waals surface area contributed by atoms with Gasteiger partial charge in [0.1, 0.15) is 13.2 Å². The SMILES string of the molecule is COc1cc(CC(C)(N)C(F)F)cc2c1OCCO2. The van der Waals surface area contributed by atoms with E-state index in [2.05, 4.69) is 0 Å². The second kappa shape index (κ2) is 5.21. The molecule has 1 aromatic carbocycles. The van der Waals surface area contributed by atoms with Crippen molar-refractivity contribution < 1.29 is 23.0 Å². The predicted octanol–water partition coefficient (Wildman–Crippen LogP) is 1.99. The quantitative estimate of drug-likeness (QED) is 0.911. The van der Waals surface area contributed by atoms with Gasteiger partial charge in [0.2, 0.25) is 5.75 Å². The van der Waals surface area contributed by atoms with Gasteiger partial charge in [0.25, 0.3) is 6.43 Å². The highest BCUT2D eigenvalue weighted by molar-refractivity contribution is 5.54. The molecular formula is C13H17F2NO3. The molecule has 4 nitrogen and oxygen atoms in total. The van der Waals surface area contributed by atoms with Crippen LogP contribution in [0.25, 0.3) is 0 Å². The van der Waals surface area contributed by atoms with E-state index in [1.54, 1.807) is 12.1 Å². The van der Waals surface area contributed by atoms with Crippen molar-refractivity contribution in [3.63, 3.8) is 0 Å². The number of methoxy groups -OCH3 is 1. The second-order valence-electron chi connectivity index (χ2n) is 4.81. The van der Waals surface area contributed by atoms with Crippen molar-refractivity contribution in [2.24, 2.45) is 5.73 Å². The molecule has 1 heterocycles. The molecular weight excluding hydrogens is 256 g/mol. The van der Waals surface area contributed by atoms with Crippen LogP contribution in [0, 0.1) is 0 Å². The van der Waals surface area contributed by atoms with Gasteiger partial charge in [0.05, 0.1) is 12.6 Å². The fourth-order valence-corrected chi connectivity index (χ4v) is 1.95. The molecule has 1 unspecified atom stereocenters. The Kier molecular flexibility index (Phi) is 3.80. The molecule has 0 saturated heterocycles. The molecule has 0 saturated carbocycles. The average Bonchev–Trinajstić information content (AvgIpc) is 2.37. The number of hydrogen-bond donors (Lipinski definition) is 1. The number of ether oxygens (including phenoxy) is 3. The number of rotatable bonds is 4. The number of nitrogens with two attached hydrogens (primary N) is 1. The van der Waals surface area contributed by atoms with E-state index >= 15 is 0 Å². The third-order valence-corrected chi connectivity index (χ3v) is 2.97. The second-order valence-corrected chi connectivity index (χ2v) is 4.81. The van der Waals surface area contributed by atoms with Crippen molar-refractivity contribution in [2.75, 3.05) is 20.3 Å². The smallest absolute Gasteiger partial charge is 0.256 e. The Hall–Kier alpha value is -1.56. The van der Waals surface area contributed by atoms with Crippen molar-refractivity contribution in [2.45, 2.75) is 25.3 Å². The molecule has 0 fully saturated rings. The standard InChI is InChI=1S/C13H17F2NO3/c1-13(16,12(14)15)7-8-5-9(17-2)11-10(6-8)18-3-4-19-11/h5-6,12H,3-4,7,16H2,1-2H3. The van der Waals surface area contributed by atoms with Crippen molar-refractivity contribution in [3.8, 4) is 17.2 Å². The lowest BCUT2D eigenvalue weighted by atomic mass is 9.94. The highest BCUT2D eigenvalue weighted by atomic mass is 19.3. The topological polar surface area (TPSA) is 53.7 Å². The summed E-state index contributed by atoms with van der Waals surface area (Å²) < 4.78 is 41.7. The van der Waals surface area contributed by atoms with Gasteiger partial charge < -0.3 is 19.9 Å². The van der Waals surface area contributed by atoms with Crippen LogP contribution in [-0.4, -0.2) is 32.3 Å². The van der Waals surface area contributed by atoms with Crippen LogP contribution in [0.3, 0.4) is 0 Å². The number of hydrogen-bond acceptors (Lipinski definition) is 4. The summed E-state index contributed by atoms with van der Waals surface area (Å²) in [5, 5.41) is 0. The summed E-state index contributed by atoms with van der Waals surface area (Å²) in [5.74, 6) is 1.48. The minimum absolute atomic E-state index is 0.0255. The summed E-state index contributed by atoms with van der Waals surface area (Å²) in [6.07, 6.45) is -2.58. The number of benzene rings is 1. The summed E-state index contributed by atoms with van der Waals surface area (Å²) in [4.78, 5) is 0. The number of fused-ring (bicyclic) bond motifs is 1. The highest BCUT2D eigenvalue weighted by Gasteiger charge is 2.31. The Morgan fingerprint density at radius 1 is 1.37 bits per heavy atom. The molecule has 0 spiro atoms. The van der Waals surface area contributed by atoms with Crippen molar-refractivity contribution >= 4 is 0 Å². The van der Waals surface area contributed by atoms with Gasteiger partial charge in [-0.15, -0.1) is 0 Å². The minimum Gasteiger partial charge on any atom is -0.493 e. The summed E-state index contributed by atoms with van der Waals surface area (Å²) in [6, 6.07) is 3.32. The minimum atomic E-state index is -2.60. The first-order chi connectivity index (χ1) is 8.94. The van der Waals surface area contributed by atoms with Crippen LogP contribution in [0.1, 0.15) is 12.5 Å². The Morgan fingerprint density at radius 3 is 2.68 bits per heavy atom. The third kappa shape index (κ3) is 2.89.